The zero-order valence-electron chi connectivity index (χ0n) is 12.1. The maximum absolute atomic E-state index is 5.88. The lowest BCUT2D eigenvalue weighted by molar-refractivity contribution is 1.01. The molecule has 0 amide bonds. The molecule has 0 aliphatic carbocycles. The van der Waals surface area contributed by atoms with Gasteiger partial charge in [-0.1, -0.05) is 36.0 Å². The minimum atomic E-state index is 0.369. The minimum absolute atomic E-state index is 0.369. The quantitative estimate of drug-likeness (QED) is 0.826. The molecule has 0 unspecified atom stereocenters. The second-order valence-electron chi connectivity index (χ2n) is 4.94. The van der Waals surface area contributed by atoms with Gasteiger partial charge >= 0.3 is 0 Å². The molecular weight excluding hydrogens is 302 g/mol. The summed E-state index contributed by atoms with van der Waals surface area (Å²) in [6.45, 7) is 4.67. The zero-order valence-corrected chi connectivity index (χ0v) is 13.7. The minimum Gasteiger partial charge on any atom is -0.389 e. The second-order valence-corrected chi connectivity index (χ2v) is 5.82. The number of hydrogen-bond donors (Lipinski definition) is 2. The molecule has 0 bridgehead atoms. The lowest BCUT2D eigenvalue weighted by atomic mass is 10.1. The van der Waals surface area contributed by atoms with Gasteiger partial charge in [0.2, 0.25) is 0 Å². The Kier molecular flexibility index (Phi) is 5.15. The number of rotatable bonds is 5. The Bertz CT molecular complexity index is 653. The van der Waals surface area contributed by atoms with Gasteiger partial charge in [0.15, 0.2) is 0 Å². The maximum atomic E-state index is 5.88. The third-order valence-electron chi connectivity index (χ3n) is 3.22. The summed E-state index contributed by atoms with van der Waals surface area (Å²) in [6, 6.07) is 9.84. The maximum Gasteiger partial charge on any atom is 0.107 e. The average molecular weight is 320 g/mol. The van der Waals surface area contributed by atoms with E-state index in [1.54, 1.807) is 0 Å². The topological polar surface area (TPSA) is 50.9 Å². The Hall–Kier alpha value is -1.65. The Morgan fingerprint density at radius 3 is 2.57 bits per heavy atom. The van der Waals surface area contributed by atoms with E-state index in [0.29, 0.717) is 4.99 Å². The number of aryl methyl sites for hydroxylation is 2. The molecule has 0 saturated heterocycles. The first kappa shape index (κ1) is 15.7. The molecule has 0 radical (unpaired) electrons. The molecule has 0 saturated carbocycles. The fraction of sp³-hybridized carbons (Fsp3) is 0.250. The summed E-state index contributed by atoms with van der Waals surface area (Å²) in [6.07, 6.45) is 0.897. The van der Waals surface area contributed by atoms with Crippen molar-refractivity contribution in [2.45, 2.75) is 20.3 Å². The molecule has 0 aliphatic heterocycles. The van der Waals surface area contributed by atoms with Crippen LogP contribution in [0.4, 0.5) is 5.69 Å². The molecule has 0 aliphatic rings. The van der Waals surface area contributed by atoms with Gasteiger partial charge in [0.05, 0.1) is 5.56 Å². The van der Waals surface area contributed by atoms with Gasteiger partial charge in [-0.25, -0.2) is 0 Å². The van der Waals surface area contributed by atoms with Crippen LogP contribution in [0.2, 0.25) is 5.02 Å². The van der Waals surface area contributed by atoms with Gasteiger partial charge in [0.1, 0.15) is 4.99 Å². The molecule has 0 atom stereocenters. The fourth-order valence-electron chi connectivity index (χ4n) is 2.27. The Morgan fingerprint density at radius 2 is 1.95 bits per heavy atom. The van der Waals surface area contributed by atoms with Gasteiger partial charge < -0.3 is 11.1 Å². The van der Waals surface area contributed by atoms with E-state index in [2.05, 4.69) is 10.3 Å². The first-order valence-corrected chi connectivity index (χ1v) is 7.52. The van der Waals surface area contributed by atoms with Crippen LogP contribution < -0.4 is 11.1 Å². The Balaban J connectivity index is 2.09. The van der Waals surface area contributed by atoms with E-state index in [1.165, 1.54) is 5.56 Å². The van der Waals surface area contributed by atoms with Crippen molar-refractivity contribution in [2.75, 3.05) is 11.9 Å². The average Bonchev–Trinajstić information content (AvgIpc) is 2.39. The Morgan fingerprint density at radius 1 is 1.29 bits per heavy atom. The molecule has 110 valence electrons. The summed E-state index contributed by atoms with van der Waals surface area (Å²) < 4.78 is 0. The summed E-state index contributed by atoms with van der Waals surface area (Å²) in [5.74, 6) is 0. The molecule has 3 nitrogen and oxygen atoms in total. The summed E-state index contributed by atoms with van der Waals surface area (Å²) in [5.41, 5.74) is 10.6. The van der Waals surface area contributed by atoms with E-state index < -0.39 is 0 Å². The summed E-state index contributed by atoms with van der Waals surface area (Å²) in [5, 5.41) is 4.15. The standard InChI is InChI=1S/C16H18ClN3S/c1-10-9-14(15(16(18)21)11(2)20-10)19-8-7-12-3-5-13(17)6-4-12/h3-6,9H,7-8H2,1-2H3,(H2,18,21)(H,19,20). The molecule has 21 heavy (non-hydrogen) atoms. The van der Waals surface area contributed by atoms with Crippen LogP contribution in [0.1, 0.15) is 22.5 Å². The van der Waals surface area contributed by atoms with Gasteiger partial charge in [-0.05, 0) is 44.0 Å². The molecule has 1 aromatic carbocycles. The molecule has 0 spiro atoms. The van der Waals surface area contributed by atoms with Crippen LogP contribution >= 0.6 is 23.8 Å². The van der Waals surface area contributed by atoms with Gasteiger partial charge in [-0.3, -0.25) is 4.98 Å². The van der Waals surface area contributed by atoms with Crippen molar-refractivity contribution in [3.8, 4) is 0 Å². The third kappa shape index (κ3) is 4.16. The fourth-order valence-corrected chi connectivity index (χ4v) is 2.66. The smallest absolute Gasteiger partial charge is 0.107 e. The van der Waals surface area contributed by atoms with Gasteiger partial charge in [-0.2, -0.15) is 0 Å². The number of pyridine rings is 1. The van der Waals surface area contributed by atoms with Gasteiger partial charge in [-0.15, -0.1) is 0 Å². The van der Waals surface area contributed by atoms with Crippen molar-refractivity contribution in [3.63, 3.8) is 0 Å². The highest BCUT2D eigenvalue weighted by Crippen LogP contribution is 2.20. The summed E-state index contributed by atoms with van der Waals surface area (Å²) in [4.78, 5) is 4.78. The van der Waals surface area contributed by atoms with E-state index in [4.69, 9.17) is 29.6 Å². The van der Waals surface area contributed by atoms with Crippen LogP contribution in [0.25, 0.3) is 0 Å². The zero-order chi connectivity index (χ0) is 15.4. The lowest BCUT2D eigenvalue weighted by Crippen LogP contribution is -2.17. The van der Waals surface area contributed by atoms with Crippen molar-refractivity contribution >= 4 is 34.5 Å². The molecule has 2 rings (SSSR count). The van der Waals surface area contributed by atoms with Crippen molar-refractivity contribution < 1.29 is 0 Å². The number of nitrogens with zero attached hydrogens (tertiary/aromatic N) is 1. The van der Waals surface area contributed by atoms with Crippen molar-refractivity contribution in [3.05, 3.63) is 57.9 Å². The predicted molar refractivity (Wildman–Crippen MR) is 93.2 cm³/mol. The van der Waals surface area contributed by atoms with Crippen LogP contribution in [0.3, 0.4) is 0 Å². The van der Waals surface area contributed by atoms with Crippen LogP contribution in [-0.2, 0) is 6.42 Å². The third-order valence-corrected chi connectivity index (χ3v) is 3.67. The van der Waals surface area contributed by atoms with E-state index in [9.17, 15) is 0 Å². The Labute approximate surface area is 135 Å². The molecule has 1 heterocycles. The number of nitrogens with one attached hydrogen (secondary N) is 1. The number of anilines is 1. The van der Waals surface area contributed by atoms with Gasteiger partial charge in [0.25, 0.3) is 0 Å². The second kappa shape index (κ2) is 6.87. The number of nitrogens with two attached hydrogens (primary N) is 1. The van der Waals surface area contributed by atoms with E-state index in [-0.39, 0.29) is 0 Å². The van der Waals surface area contributed by atoms with Crippen molar-refractivity contribution in [2.24, 2.45) is 5.73 Å². The number of halogens is 1. The largest absolute Gasteiger partial charge is 0.389 e. The van der Waals surface area contributed by atoms with Crippen molar-refractivity contribution in [1.29, 1.82) is 0 Å². The van der Waals surface area contributed by atoms with Crippen molar-refractivity contribution in [1.82, 2.24) is 4.98 Å². The molecule has 2 aromatic rings. The molecule has 5 heteroatoms. The summed E-state index contributed by atoms with van der Waals surface area (Å²) in [7, 11) is 0. The van der Waals surface area contributed by atoms with E-state index in [0.717, 1.165) is 40.6 Å². The van der Waals surface area contributed by atoms with Crippen LogP contribution in [0.5, 0.6) is 0 Å². The van der Waals surface area contributed by atoms with Gasteiger partial charge in [0, 0.05) is 28.6 Å². The first-order chi connectivity index (χ1) is 9.97. The number of thiocarbonyl (C=S) groups is 1. The molecule has 3 N–H and O–H groups in total. The number of aromatic nitrogens is 1. The lowest BCUT2D eigenvalue weighted by Gasteiger charge is -2.14. The molecular formula is C16H18ClN3S. The predicted octanol–water partition coefficient (Wildman–Crippen LogP) is 3.64. The first-order valence-electron chi connectivity index (χ1n) is 6.73. The highest BCUT2D eigenvalue weighted by molar-refractivity contribution is 7.80. The SMILES string of the molecule is Cc1cc(NCCc2ccc(Cl)cc2)c(C(N)=S)c(C)n1. The monoisotopic (exact) mass is 319 g/mol. The highest BCUT2D eigenvalue weighted by Gasteiger charge is 2.10. The van der Waals surface area contributed by atoms with Crippen LogP contribution in [0.15, 0.2) is 30.3 Å². The molecule has 0 fully saturated rings. The number of hydrogen-bond acceptors (Lipinski definition) is 3. The number of benzene rings is 1. The highest BCUT2D eigenvalue weighted by atomic mass is 35.5. The normalized spacial score (nSPS) is 10.4. The molecule has 1 aromatic heterocycles. The van der Waals surface area contributed by atoms with E-state index >= 15 is 0 Å². The van der Waals surface area contributed by atoms with Crippen LogP contribution in [-0.4, -0.2) is 16.5 Å². The van der Waals surface area contributed by atoms with E-state index in [1.807, 2.05) is 44.2 Å². The van der Waals surface area contributed by atoms with Crippen LogP contribution in [0, 0.1) is 13.8 Å². The summed E-state index contributed by atoms with van der Waals surface area (Å²) >= 11 is 11.0.